The van der Waals surface area contributed by atoms with Crippen LogP contribution in [0.5, 0.6) is 0 Å². The molecule has 0 aliphatic carbocycles. The van der Waals surface area contributed by atoms with Crippen molar-refractivity contribution in [3.8, 4) is 0 Å². The van der Waals surface area contributed by atoms with Gasteiger partial charge in [-0.3, -0.25) is 9.59 Å². The third kappa shape index (κ3) is 2.60. The molecule has 4 atom stereocenters. The van der Waals surface area contributed by atoms with Crippen LogP contribution in [0.3, 0.4) is 0 Å². The fraction of sp³-hybridized carbons (Fsp3) is 0.471. The fourth-order valence-corrected chi connectivity index (χ4v) is 5.13. The molecule has 7 nitrogen and oxygen atoms in total. The number of nitrogens with two attached hydrogens (primary N) is 1. The lowest BCUT2D eigenvalue weighted by molar-refractivity contribution is -0.168. The van der Waals surface area contributed by atoms with Crippen LogP contribution in [0, 0.1) is 0 Å². The average molecular weight is 363 g/mol. The number of hydrogen-bond acceptors (Lipinski definition) is 5. The topological polar surface area (TPSA) is 113 Å². The summed E-state index contributed by atoms with van der Waals surface area (Å²) in [6.45, 7) is 5.21. The van der Waals surface area contributed by atoms with Gasteiger partial charge in [0.1, 0.15) is 23.0 Å². The SMILES string of the molecule is CC1(C)S[C@H]2N(C(=O)[C@]2(C)NC(=O)C(N)c2ccccc2)[C@H]1C(=O)O. The van der Waals surface area contributed by atoms with E-state index in [-0.39, 0.29) is 0 Å². The summed E-state index contributed by atoms with van der Waals surface area (Å²) in [5.41, 5.74) is 5.49. The van der Waals surface area contributed by atoms with Gasteiger partial charge in [-0.2, -0.15) is 0 Å². The molecule has 25 heavy (non-hydrogen) atoms. The molecule has 2 heterocycles. The van der Waals surface area contributed by atoms with Crippen LogP contribution in [0.4, 0.5) is 0 Å². The third-order valence-electron chi connectivity index (χ3n) is 4.84. The Kier molecular flexibility index (Phi) is 4.08. The molecule has 134 valence electrons. The second-order valence-corrected chi connectivity index (χ2v) is 8.84. The minimum Gasteiger partial charge on any atom is -0.480 e. The summed E-state index contributed by atoms with van der Waals surface area (Å²) in [5, 5.41) is 11.8. The van der Waals surface area contributed by atoms with Crippen molar-refractivity contribution in [1.82, 2.24) is 10.2 Å². The lowest BCUT2D eigenvalue weighted by Crippen LogP contribution is -2.78. The molecular formula is C17H21N3O4S. The highest BCUT2D eigenvalue weighted by atomic mass is 32.2. The smallest absolute Gasteiger partial charge is 0.327 e. The molecule has 1 unspecified atom stereocenters. The van der Waals surface area contributed by atoms with E-state index in [2.05, 4.69) is 5.32 Å². The maximum atomic E-state index is 12.7. The summed E-state index contributed by atoms with van der Waals surface area (Å²) < 4.78 is -0.643. The number of amides is 2. The van der Waals surface area contributed by atoms with Crippen molar-refractivity contribution in [2.24, 2.45) is 5.73 Å². The predicted octanol–water partition coefficient (Wildman–Crippen LogP) is 0.708. The molecule has 2 aliphatic rings. The van der Waals surface area contributed by atoms with Gasteiger partial charge in [-0.15, -0.1) is 11.8 Å². The van der Waals surface area contributed by atoms with Gasteiger partial charge in [0, 0.05) is 4.75 Å². The summed E-state index contributed by atoms with van der Waals surface area (Å²) in [6.07, 6.45) is 0. The monoisotopic (exact) mass is 363 g/mol. The standard InChI is InChI=1S/C17H21N3O4S/c1-16(2)11(13(22)23)20-14(24)17(3,15(20)25-16)19-12(21)10(18)9-7-5-4-6-8-9/h4-8,10-11,15H,18H2,1-3H3,(H,19,21)(H,22,23)/t10?,11-,15+,17-/m0/s1. The van der Waals surface area contributed by atoms with Gasteiger partial charge < -0.3 is 21.1 Å². The number of β-lactam (4-membered cyclic amide) rings is 1. The van der Waals surface area contributed by atoms with Crippen LogP contribution in [0.15, 0.2) is 30.3 Å². The molecule has 2 fully saturated rings. The first-order valence-electron chi connectivity index (χ1n) is 7.95. The van der Waals surface area contributed by atoms with Crippen LogP contribution < -0.4 is 11.1 Å². The van der Waals surface area contributed by atoms with E-state index in [1.807, 2.05) is 6.07 Å². The Hall–Kier alpha value is -2.06. The number of carbonyl (C=O) groups is 3. The quantitative estimate of drug-likeness (QED) is 0.679. The number of hydrogen-bond donors (Lipinski definition) is 3. The zero-order valence-electron chi connectivity index (χ0n) is 14.2. The van der Waals surface area contributed by atoms with Crippen LogP contribution in [0.1, 0.15) is 32.4 Å². The summed E-state index contributed by atoms with van der Waals surface area (Å²) in [7, 11) is 0. The lowest BCUT2D eigenvalue weighted by Gasteiger charge is -2.51. The lowest BCUT2D eigenvalue weighted by atomic mass is 9.85. The number of carboxylic acid groups (broad SMARTS) is 1. The Morgan fingerprint density at radius 1 is 1.28 bits per heavy atom. The second kappa shape index (κ2) is 5.74. The van der Waals surface area contributed by atoms with Crippen molar-refractivity contribution in [3.63, 3.8) is 0 Å². The highest BCUT2D eigenvalue weighted by molar-refractivity contribution is 8.01. The van der Waals surface area contributed by atoms with Crippen molar-refractivity contribution in [2.45, 2.75) is 48.5 Å². The number of benzene rings is 1. The fourth-order valence-electron chi connectivity index (χ4n) is 3.48. The van der Waals surface area contributed by atoms with E-state index in [0.717, 1.165) is 0 Å². The molecule has 0 aromatic heterocycles. The maximum Gasteiger partial charge on any atom is 0.327 e. The van der Waals surface area contributed by atoms with Crippen LogP contribution >= 0.6 is 11.8 Å². The second-order valence-electron chi connectivity index (χ2n) is 7.11. The molecule has 4 N–H and O–H groups in total. The number of thioether (sulfide) groups is 1. The largest absolute Gasteiger partial charge is 0.480 e. The highest BCUT2D eigenvalue weighted by Gasteiger charge is 2.70. The van der Waals surface area contributed by atoms with Crippen LogP contribution in [0.2, 0.25) is 0 Å². The van der Waals surface area contributed by atoms with Crippen molar-refractivity contribution in [1.29, 1.82) is 0 Å². The normalized spacial score (nSPS) is 31.0. The zero-order valence-corrected chi connectivity index (χ0v) is 15.0. The van der Waals surface area contributed by atoms with Gasteiger partial charge in [-0.1, -0.05) is 30.3 Å². The molecule has 2 saturated heterocycles. The first-order chi connectivity index (χ1) is 11.6. The summed E-state index contributed by atoms with van der Waals surface area (Å²) in [5.74, 6) is -1.89. The first kappa shape index (κ1) is 17.8. The highest BCUT2D eigenvalue weighted by Crippen LogP contribution is 2.54. The van der Waals surface area contributed by atoms with Crippen molar-refractivity contribution in [2.75, 3.05) is 0 Å². The molecule has 1 aromatic carbocycles. The predicted molar refractivity (Wildman–Crippen MR) is 93.6 cm³/mol. The molecule has 0 bridgehead atoms. The first-order valence-corrected chi connectivity index (χ1v) is 8.83. The van der Waals surface area contributed by atoms with Gasteiger partial charge in [-0.05, 0) is 26.3 Å². The van der Waals surface area contributed by atoms with Gasteiger partial charge in [0.15, 0.2) is 0 Å². The number of carbonyl (C=O) groups excluding carboxylic acids is 2. The van der Waals surface area contributed by atoms with Crippen LogP contribution in [-0.4, -0.2) is 49.5 Å². The Labute approximate surface area is 149 Å². The zero-order chi connectivity index (χ0) is 18.6. The number of nitrogens with zero attached hydrogens (tertiary/aromatic N) is 1. The van der Waals surface area contributed by atoms with Crippen molar-refractivity contribution >= 4 is 29.5 Å². The Balaban J connectivity index is 1.79. The molecule has 1 aromatic rings. The summed E-state index contributed by atoms with van der Waals surface area (Å²) >= 11 is 1.38. The van der Waals surface area contributed by atoms with E-state index >= 15 is 0 Å². The van der Waals surface area contributed by atoms with Gasteiger partial charge >= 0.3 is 5.97 Å². The summed E-state index contributed by atoms with van der Waals surface area (Å²) in [4.78, 5) is 38.1. The number of aliphatic carboxylic acids is 1. The number of rotatable bonds is 4. The number of fused-ring (bicyclic) bond motifs is 1. The Morgan fingerprint density at radius 2 is 1.88 bits per heavy atom. The average Bonchev–Trinajstić information content (AvgIpc) is 2.84. The van der Waals surface area contributed by atoms with Crippen LogP contribution in [-0.2, 0) is 14.4 Å². The van der Waals surface area contributed by atoms with Gasteiger partial charge in [0.2, 0.25) is 5.91 Å². The van der Waals surface area contributed by atoms with E-state index in [0.29, 0.717) is 5.56 Å². The van der Waals surface area contributed by atoms with E-state index in [4.69, 9.17) is 5.73 Å². The van der Waals surface area contributed by atoms with Gasteiger partial charge in [0.05, 0.1) is 0 Å². The molecular weight excluding hydrogens is 342 g/mol. The Bertz CT molecular complexity index is 739. The van der Waals surface area contributed by atoms with E-state index in [1.54, 1.807) is 45.0 Å². The Morgan fingerprint density at radius 3 is 2.44 bits per heavy atom. The van der Waals surface area contributed by atoms with Crippen molar-refractivity contribution in [3.05, 3.63) is 35.9 Å². The minimum absolute atomic E-state index is 0.392. The molecule has 0 spiro atoms. The molecule has 0 saturated carbocycles. The van der Waals surface area contributed by atoms with E-state index < -0.39 is 45.5 Å². The summed E-state index contributed by atoms with van der Waals surface area (Å²) in [6, 6.07) is 7.08. The molecule has 2 aliphatic heterocycles. The maximum absolute atomic E-state index is 12.7. The third-order valence-corrected chi connectivity index (χ3v) is 6.59. The minimum atomic E-state index is -1.16. The van der Waals surface area contributed by atoms with Gasteiger partial charge in [-0.25, -0.2) is 4.79 Å². The van der Waals surface area contributed by atoms with Crippen LogP contribution in [0.25, 0.3) is 0 Å². The molecule has 0 radical (unpaired) electrons. The molecule has 2 amide bonds. The molecule has 3 rings (SSSR count). The van der Waals surface area contributed by atoms with E-state index in [9.17, 15) is 19.5 Å². The van der Waals surface area contributed by atoms with Crippen molar-refractivity contribution < 1.29 is 19.5 Å². The number of nitrogens with one attached hydrogen (secondary N) is 1. The van der Waals surface area contributed by atoms with Gasteiger partial charge in [0.25, 0.3) is 5.91 Å². The molecule has 8 heteroatoms. The number of carboxylic acids is 1. The van der Waals surface area contributed by atoms with E-state index in [1.165, 1.54) is 16.7 Å².